The Morgan fingerprint density at radius 2 is 1.82 bits per heavy atom. The van der Waals surface area contributed by atoms with Gasteiger partial charge in [-0.2, -0.15) is 0 Å². The number of carbonyl (C=O) groups is 5. The van der Waals surface area contributed by atoms with Crippen LogP contribution in [0.15, 0.2) is 30.3 Å². The van der Waals surface area contributed by atoms with Crippen LogP contribution in [0.25, 0.3) is 0 Å². The van der Waals surface area contributed by atoms with Crippen molar-refractivity contribution in [3.63, 3.8) is 0 Å². The van der Waals surface area contributed by atoms with E-state index in [0.29, 0.717) is 19.4 Å². The van der Waals surface area contributed by atoms with Crippen molar-refractivity contribution < 1.29 is 28.7 Å². The fourth-order valence-electron chi connectivity index (χ4n) is 3.59. The molecule has 2 rings (SSSR count). The minimum Gasteiger partial charge on any atom is -0.444 e. The summed E-state index contributed by atoms with van der Waals surface area (Å²) in [7, 11) is 0. The standard InChI is InChI=1S/C23H32N4O6/c1-23(2,3)33-22(32)26-17(13-19(24)29)20(30)25-18(12-15-8-5-4-6-9-15)21(31)27-11-7-10-16(27)14-28/h4-6,8-9,14,16-18H,7,10-13H2,1-3H3,(H2,24,29)(H,25,30)(H,26,32)/t16-,17-,18-/m0/s1. The second kappa shape index (κ2) is 11.4. The summed E-state index contributed by atoms with van der Waals surface area (Å²) in [5, 5.41) is 4.98. The fourth-order valence-corrected chi connectivity index (χ4v) is 3.59. The molecule has 10 heteroatoms. The van der Waals surface area contributed by atoms with Crippen molar-refractivity contribution in [3.8, 4) is 0 Å². The van der Waals surface area contributed by atoms with Crippen molar-refractivity contribution in [1.82, 2.24) is 15.5 Å². The van der Waals surface area contributed by atoms with Crippen LogP contribution in [0.5, 0.6) is 0 Å². The molecule has 0 aliphatic carbocycles. The van der Waals surface area contributed by atoms with Gasteiger partial charge in [-0.05, 0) is 39.2 Å². The van der Waals surface area contributed by atoms with Crippen LogP contribution >= 0.6 is 0 Å². The number of carbonyl (C=O) groups excluding carboxylic acids is 5. The third-order valence-electron chi connectivity index (χ3n) is 5.05. The molecule has 1 fully saturated rings. The van der Waals surface area contributed by atoms with Crippen LogP contribution in [0.4, 0.5) is 4.79 Å². The highest BCUT2D eigenvalue weighted by Gasteiger charge is 2.35. The lowest BCUT2D eigenvalue weighted by Gasteiger charge is -2.28. The topological polar surface area (TPSA) is 148 Å². The highest BCUT2D eigenvalue weighted by atomic mass is 16.6. The molecule has 180 valence electrons. The SMILES string of the molecule is CC(C)(C)OC(=O)N[C@@H](CC(N)=O)C(=O)N[C@@H](Cc1ccccc1)C(=O)N1CCC[C@H]1C=O. The van der Waals surface area contributed by atoms with Crippen LogP contribution in [-0.2, 0) is 30.3 Å². The Morgan fingerprint density at radius 3 is 2.39 bits per heavy atom. The Morgan fingerprint density at radius 1 is 1.15 bits per heavy atom. The van der Waals surface area contributed by atoms with Crippen molar-refractivity contribution in [2.45, 2.75) is 70.2 Å². The summed E-state index contributed by atoms with van der Waals surface area (Å²) in [6, 6.07) is 6.19. The van der Waals surface area contributed by atoms with Gasteiger partial charge in [0.25, 0.3) is 0 Å². The number of ether oxygens (including phenoxy) is 1. The first-order chi connectivity index (χ1) is 15.5. The zero-order valence-corrected chi connectivity index (χ0v) is 19.2. The van der Waals surface area contributed by atoms with Crippen molar-refractivity contribution >= 4 is 30.1 Å². The molecule has 1 aromatic carbocycles. The van der Waals surface area contributed by atoms with E-state index in [1.165, 1.54) is 4.90 Å². The summed E-state index contributed by atoms with van der Waals surface area (Å²) in [6.07, 6.45) is 0.778. The van der Waals surface area contributed by atoms with Gasteiger partial charge in [-0.25, -0.2) is 4.79 Å². The summed E-state index contributed by atoms with van der Waals surface area (Å²) < 4.78 is 5.16. The summed E-state index contributed by atoms with van der Waals surface area (Å²) in [6.45, 7) is 5.38. The molecule has 0 spiro atoms. The number of hydrogen-bond acceptors (Lipinski definition) is 6. The van der Waals surface area contributed by atoms with Gasteiger partial charge in [-0.1, -0.05) is 30.3 Å². The van der Waals surface area contributed by atoms with Crippen molar-refractivity contribution in [1.29, 1.82) is 0 Å². The van der Waals surface area contributed by atoms with Crippen molar-refractivity contribution in [3.05, 3.63) is 35.9 Å². The molecule has 0 unspecified atom stereocenters. The van der Waals surface area contributed by atoms with Crippen LogP contribution in [0.2, 0.25) is 0 Å². The number of aldehydes is 1. The number of nitrogens with two attached hydrogens (primary N) is 1. The van der Waals surface area contributed by atoms with Crippen LogP contribution in [-0.4, -0.2) is 65.3 Å². The maximum Gasteiger partial charge on any atom is 0.408 e. The van der Waals surface area contributed by atoms with Gasteiger partial charge >= 0.3 is 6.09 Å². The first-order valence-corrected chi connectivity index (χ1v) is 10.9. The molecule has 1 saturated heterocycles. The Hall–Kier alpha value is -3.43. The molecule has 10 nitrogen and oxygen atoms in total. The Bertz CT molecular complexity index is 867. The molecule has 0 radical (unpaired) electrons. The third-order valence-corrected chi connectivity index (χ3v) is 5.05. The smallest absolute Gasteiger partial charge is 0.408 e. The number of benzene rings is 1. The summed E-state index contributed by atoms with van der Waals surface area (Å²) in [5.74, 6) is -1.97. The maximum atomic E-state index is 13.3. The van der Waals surface area contributed by atoms with Crippen LogP contribution in [0.1, 0.15) is 45.6 Å². The molecule has 1 aliphatic heterocycles. The number of primary amides is 1. The second-order valence-electron chi connectivity index (χ2n) is 9.00. The van der Waals surface area contributed by atoms with E-state index >= 15 is 0 Å². The van der Waals surface area contributed by atoms with E-state index in [1.807, 2.05) is 30.3 Å². The summed E-state index contributed by atoms with van der Waals surface area (Å²) >= 11 is 0. The molecule has 0 bridgehead atoms. The normalized spacial score (nSPS) is 17.5. The number of alkyl carbamates (subject to hydrolysis) is 1. The molecule has 1 aromatic rings. The first kappa shape index (κ1) is 25.8. The number of nitrogens with one attached hydrogen (secondary N) is 2. The lowest BCUT2D eigenvalue weighted by Crippen LogP contribution is -2.56. The lowest BCUT2D eigenvalue weighted by molar-refractivity contribution is -0.139. The molecule has 0 saturated carbocycles. The van der Waals surface area contributed by atoms with E-state index in [4.69, 9.17) is 10.5 Å². The van der Waals surface area contributed by atoms with Gasteiger partial charge < -0.3 is 30.8 Å². The quantitative estimate of drug-likeness (QED) is 0.462. The van der Waals surface area contributed by atoms with Crippen molar-refractivity contribution in [2.75, 3.05) is 6.54 Å². The second-order valence-corrected chi connectivity index (χ2v) is 9.00. The van der Waals surface area contributed by atoms with E-state index in [-0.39, 0.29) is 6.42 Å². The zero-order chi connectivity index (χ0) is 24.6. The average Bonchev–Trinajstić information content (AvgIpc) is 3.20. The molecule has 1 aliphatic rings. The van der Waals surface area contributed by atoms with Crippen LogP contribution in [0, 0.1) is 0 Å². The predicted octanol–water partition coefficient (Wildman–Crippen LogP) is 0.673. The van der Waals surface area contributed by atoms with E-state index in [0.717, 1.165) is 11.8 Å². The van der Waals surface area contributed by atoms with Crippen LogP contribution in [0.3, 0.4) is 0 Å². The minimum atomic E-state index is -1.33. The highest BCUT2D eigenvalue weighted by molar-refractivity contribution is 5.94. The van der Waals surface area contributed by atoms with Gasteiger partial charge in [0.2, 0.25) is 17.7 Å². The van der Waals surface area contributed by atoms with Gasteiger partial charge in [0.15, 0.2) is 0 Å². The summed E-state index contributed by atoms with van der Waals surface area (Å²) in [5.41, 5.74) is 5.24. The molecule has 1 heterocycles. The van der Waals surface area contributed by atoms with Gasteiger partial charge in [0, 0.05) is 13.0 Å². The number of amides is 4. The highest BCUT2D eigenvalue weighted by Crippen LogP contribution is 2.18. The Kier molecular flexibility index (Phi) is 8.95. The number of hydrogen-bond donors (Lipinski definition) is 3. The van der Waals surface area contributed by atoms with Gasteiger partial charge in [-0.15, -0.1) is 0 Å². The average molecular weight is 461 g/mol. The maximum absolute atomic E-state index is 13.3. The number of likely N-dealkylation sites (tertiary alicyclic amines) is 1. The van der Waals surface area contributed by atoms with Crippen LogP contribution < -0.4 is 16.4 Å². The Labute approximate surface area is 193 Å². The van der Waals surface area contributed by atoms with E-state index in [2.05, 4.69) is 10.6 Å². The third kappa shape index (κ3) is 8.21. The molecule has 0 aromatic heterocycles. The van der Waals surface area contributed by atoms with E-state index in [9.17, 15) is 24.0 Å². The lowest BCUT2D eigenvalue weighted by atomic mass is 10.0. The first-order valence-electron chi connectivity index (χ1n) is 10.9. The van der Waals surface area contributed by atoms with Gasteiger partial charge in [-0.3, -0.25) is 14.4 Å². The Balaban J connectivity index is 2.22. The minimum absolute atomic E-state index is 0.170. The van der Waals surface area contributed by atoms with Gasteiger partial charge in [0.05, 0.1) is 12.5 Å². The zero-order valence-electron chi connectivity index (χ0n) is 19.2. The number of rotatable bonds is 9. The molecule has 33 heavy (non-hydrogen) atoms. The molecule has 3 atom stereocenters. The predicted molar refractivity (Wildman–Crippen MR) is 120 cm³/mol. The largest absolute Gasteiger partial charge is 0.444 e. The monoisotopic (exact) mass is 460 g/mol. The summed E-state index contributed by atoms with van der Waals surface area (Å²) in [4.78, 5) is 62.8. The molecular weight excluding hydrogens is 428 g/mol. The van der Waals surface area contributed by atoms with Crippen molar-refractivity contribution in [2.24, 2.45) is 5.73 Å². The molecular formula is C23H32N4O6. The van der Waals surface area contributed by atoms with Gasteiger partial charge in [0.1, 0.15) is 24.0 Å². The van der Waals surface area contributed by atoms with E-state index < -0.39 is 54.0 Å². The molecule has 4 amide bonds. The number of nitrogens with zero attached hydrogens (tertiary/aromatic N) is 1. The fraction of sp³-hybridized carbons (Fsp3) is 0.522. The van der Waals surface area contributed by atoms with E-state index in [1.54, 1.807) is 20.8 Å². The molecule has 4 N–H and O–H groups in total.